The van der Waals surface area contributed by atoms with E-state index in [1.807, 2.05) is 38.1 Å². The number of pyridine rings is 3. The minimum atomic E-state index is -0.315. The fourth-order valence-corrected chi connectivity index (χ4v) is 4.49. The molecule has 0 atom stereocenters. The number of halogens is 1. The SMILES string of the molecule is COc1cc(Cl)c(COc2cccc3c(-c4nc[nH]c4C)cc(C)nc23)c(Cn2cccc(N)c2=O)n1. The first-order chi connectivity index (χ1) is 17.9. The monoisotopic (exact) mass is 516 g/mol. The zero-order valence-corrected chi connectivity index (χ0v) is 21.3. The molecule has 0 fully saturated rings. The van der Waals surface area contributed by atoms with Crippen LogP contribution < -0.4 is 20.8 Å². The van der Waals surface area contributed by atoms with Gasteiger partial charge in [-0.15, -0.1) is 0 Å². The van der Waals surface area contributed by atoms with Crippen molar-refractivity contribution in [3.8, 4) is 22.9 Å². The molecule has 4 heterocycles. The normalized spacial score (nSPS) is 11.1. The van der Waals surface area contributed by atoms with Crippen molar-refractivity contribution in [1.29, 1.82) is 0 Å². The Kier molecular flexibility index (Phi) is 6.54. The number of fused-ring (bicyclic) bond motifs is 1. The number of H-pyrrole nitrogens is 1. The van der Waals surface area contributed by atoms with E-state index in [1.165, 1.54) is 11.7 Å². The van der Waals surface area contributed by atoms with Crippen LogP contribution in [0.25, 0.3) is 22.2 Å². The lowest BCUT2D eigenvalue weighted by Gasteiger charge is -2.16. The van der Waals surface area contributed by atoms with E-state index in [-0.39, 0.29) is 24.4 Å². The van der Waals surface area contributed by atoms with E-state index in [0.717, 1.165) is 28.0 Å². The number of ether oxygens (including phenoxy) is 2. The molecular weight excluding hydrogens is 492 g/mol. The molecule has 0 bridgehead atoms. The topological polar surface area (TPSA) is 121 Å². The number of methoxy groups -OCH3 is 1. The largest absolute Gasteiger partial charge is 0.486 e. The second-order valence-corrected chi connectivity index (χ2v) is 9.00. The van der Waals surface area contributed by atoms with Crippen LogP contribution in [0.15, 0.2) is 59.8 Å². The van der Waals surface area contributed by atoms with Gasteiger partial charge in [0.05, 0.1) is 42.1 Å². The van der Waals surface area contributed by atoms with Crippen molar-refractivity contribution in [2.45, 2.75) is 27.0 Å². The van der Waals surface area contributed by atoms with Gasteiger partial charge >= 0.3 is 0 Å². The van der Waals surface area contributed by atoms with Crippen LogP contribution in [-0.2, 0) is 13.2 Å². The van der Waals surface area contributed by atoms with Crippen molar-refractivity contribution in [1.82, 2.24) is 24.5 Å². The summed E-state index contributed by atoms with van der Waals surface area (Å²) in [6.45, 7) is 4.17. The molecule has 188 valence electrons. The van der Waals surface area contributed by atoms with E-state index in [2.05, 4.69) is 15.0 Å². The third kappa shape index (κ3) is 4.73. The number of benzene rings is 1. The van der Waals surface area contributed by atoms with Gasteiger partial charge in [-0.1, -0.05) is 23.7 Å². The first-order valence-electron chi connectivity index (χ1n) is 11.6. The number of hydrogen-bond acceptors (Lipinski definition) is 7. The maximum Gasteiger partial charge on any atom is 0.274 e. The molecule has 5 aromatic rings. The Hall–Kier alpha value is -4.37. The minimum Gasteiger partial charge on any atom is -0.486 e. The first-order valence-corrected chi connectivity index (χ1v) is 11.9. The van der Waals surface area contributed by atoms with Crippen molar-refractivity contribution in [3.63, 3.8) is 0 Å². The summed E-state index contributed by atoms with van der Waals surface area (Å²) in [5, 5.41) is 1.33. The molecule has 10 heteroatoms. The summed E-state index contributed by atoms with van der Waals surface area (Å²) in [7, 11) is 1.51. The molecule has 0 saturated carbocycles. The average Bonchev–Trinajstić information content (AvgIpc) is 3.31. The molecule has 0 saturated heterocycles. The van der Waals surface area contributed by atoms with Gasteiger partial charge in [0.25, 0.3) is 5.56 Å². The summed E-state index contributed by atoms with van der Waals surface area (Å²) in [5.41, 5.74) is 11.2. The standard InChI is InChI=1S/C27H25ClN6O3/c1-15-10-18(25-16(2)30-14-31-25)17-6-4-8-23(26(17)32-15)37-13-19-20(28)11-24(36-3)33-22(19)12-34-9-5-7-21(29)27(34)35/h4-11,14H,12-13,29H2,1-3H3,(H,30,31). The molecule has 3 N–H and O–H groups in total. The number of anilines is 1. The van der Waals surface area contributed by atoms with Crippen LogP contribution in [0.2, 0.25) is 5.02 Å². The third-order valence-electron chi connectivity index (χ3n) is 6.10. The molecule has 9 nitrogen and oxygen atoms in total. The van der Waals surface area contributed by atoms with Crippen LogP contribution in [-0.4, -0.2) is 31.6 Å². The van der Waals surface area contributed by atoms with Crippen LogP contribution in [0.1, 0.15) is 22.6 Å². The predicted molar refractivity (Wildman–Crippen MR) is 143 cm³/mol. The highest BCUT2D eigenvalue weighted by atomic mass is 35.5. The number of nitrogens with one attached hydrogen (secondary N) is 1. The summed E-state index contributed by atoms with van der Waals surface area (Å²) in [5.74, 6) is 0.928. The summed E-state index contributed by atoms with van der Waals surface area (Å²) in [4.78, 5) is 29.5. The molecule has 5 rings (SSSR count). The third-order valence-corrected chi connectivity index (χ3v) is 6.44. The van der Waals surface area contributed by atoms with Crippen LogP contribution in [0.3, 0.4) is 0 Å². The van der Waals surface area contributed by atoms with Crippen molar-refractivity contribution < 1.29 is 9.47 Å². The number of nitrogens with two attached hydrogens (primary N) is 1. The van der Waals surface area contributed by atoms with E-state index in [1.54, 1.807) is 30.7 Å². The van der Waals surface area contributed by atoms with E-state index in [0.29, 0.717) is 33.4 Å². The molecule has 0 aliphatic carbocycles. The molecule has 0 amide bonds. The zero-order valence-electron chi connectivity index (χ0n) is 20.6. The first kappa shape index (κ1) is 24.3. The quantitative estimate of drug-likeness (QED) is 0.322. The molecule has 0 radical (unpaired) electrons. The number of nitrogen functional groups attached to an aromatic ring is 1. The summed E-state index contributed by atoms with van der Waals surface area (Å²) >= 11 is 6.63. The number of rotatable bonds is 7. The lowest BCUT2D eigenvalue weighted by atomic mass is 10.0. The van der Waals surface area contributed by atoms with Gasteiger partial charge in [0.2, 0.25) is 5.88 Å². The summed E-state index contributed by atoms with van der Waals surface area (Å²) < 4.78 is 13.1. The van der Waals surface area contributed by atoms with Gasteiger partial charge in [0.1, 0.15) is 17.9 Å². The second kappa shape index (κ2) is 9.94. The number of imidazole rings is 1. The number of aromatic amines is 1. The van der Waals surface area contributed by atoms with E-state index >= 15 is 0 Å². The van der Waals surface area contributed by atoms with Crippen molar-refractivity contribution in [2.24, 2.45) is 0 Å². The Balaban J connectivity index is 1.54. The number of aryl methyl sites for hydroxylation is 2. The lowest BCUT2D eigenvalue weighted by Crippen LogP contribution is -2.23. The fourth-order valence-electron chi connectivity index (χ4n) is 4.24. The zero-order chi connectivity index (χ0) is 26.1. The van der Waals surface area contributed by atoms with Crippen molar-refractivity contribution in [2.75, 3.05) is 12.8 Å². The van der Waals surface area contributed by atoms with E-state index in [9.17, 15) is 4.79 Å². The molecule has 0 aliphatic heterocycles. The van der Waals surface area contributed by atoms with Crippen molar-refractivity contribution >= 4 is 28.2 Å². The molecule has 0 unspecified atom stereocenters. The van der Waals surface area contributed by atoms with Gasteiger partial charge in [0, 0.05) is 40.2 Å². The Labute approximate surface area is 217 Å². The highest BCUT2D eigenvalue weighted by molar-refractivity contribution is 6.31. The lowest BCUT2D eigenvalue weighted by molar-refractivity contribution is 0.306. The fraction of sp³-hybridized carbons (Fsp3) is 0.185. The molecule has 1 aromatic carbocycles. The predicted octanol–water partition coefficient (Wildman–Crippen LogP) is 4.67. The molecule has 0 spiro atoms. The highest BCUT2D eigenvalue weighted by Crippen LogP contribution is 2.34. The van der Waals surface area contributed by atoms with Gasteiger partial charge in [-0.25, -0.2) is 15.0 Å². The van der Waals surface area contributed by atoms with Gasteiger partial charge in [0.15, 0.2) is 0 Å². The van der Waals surface area contributed by atoms with Crippen LogP contribution in [0, 0.1) is 13.8 Å². The highest BCUT2D eigenvalue weighted by Gasteiger charge is 2.17. The number of aromatic nitrogens is 5. The van der Waals surface area contributed by atoms with Gasteiger partial charge < -0.3 is 24.8 Å². The maximum atomic E-state index is 12.5. The van der Waals surface area contributed by atoms with Crippen LogP contribution >= 0.6 is 11.6 Å². The average molecular weight is 517 g/mol. The number of nitrogens with zero attached hydrogens (tertiary/aromatic N) is 4. The molecule has 37 heavy (non-hydrogen) atoms. The van der Waals surface area contributed by atoms with Gasteiger partial charge in [-0.2, -0.15) is 0 Å². The second-order valence-electron chi connectivity index (χ2n) is 8.60. The molecule has 4 aromatic heterocycles. The van der Waals surface area contributed by atoms with Gasteiger partial charge in [-0.3, -0.25) is 4.79 Å². The maximum absolute atomic E-state index is 12.5. The summed E-state index contributed by atoms with van der Waals surface area (Å²) in [6.07, 6.45) is 3.33. The Morgan fingerprint density at radius 3 is 2.73 bits per heavy atom. The van der Waals surface area contributed by atoms with Crippen molar-refractivity contribution in [3.05, 3.63) is 93.0 Å². The smallest absolute Gasteiger partial charge is 0.274 e. The minimum absolute atomic E-state index is 0.105. The number of para-hydroxylation sites is 1. The molecular formula is C27H25ClN6O3. The molecule has 0 aliphatic rings. The van der Waals surface area contributed by atoms with E-state index in [4.69, 9.17) is 31.8 Å². The van der Waals surface area contributed by atoms with Crippen LogP contribution in [0.5, 0.6) is 11.6 Å². The summed E-state index contributed by atoms with van der Waals surface area (Å²) in [6, 6.07) is 12.7. The van der Waals surface area contributed by atoms with Gasteiger partial charge in [-0.05, 0) is 38.1 Å². The van der Waals surface area contributed by atoms with Crippen LogP contribution in [0.4, 0.5) is 5.69 Å². The Bertz CT molecular complexity index is 1680. The Morgan fingerprint density at radius 1 is 1.14 bits per heavy atom. The number of hydrogen-bond donors (Lipinski definition) is 2. The van der Waals surface area contributed by atoms with E-state index < -0.39 is 0 Å². The Morgan fingerprint density at radius 2 is 1.97 bits per heavy atom.